The lowest BCUT2D eigenvalue weighted by Gasteiger charge is -2.16. The smallest absolute Gasteiger partial charge is 0.180 e. The highest BCUT2D eigenvalue weighted by Crippen LogP contribution is 2.37. The number of fused-ring (bicyclic) bond motifs is 1. The summed E-state index contributed by atoms with van der Waals surface area (Å²) < 4.78 is 4.98. The minimum absolute atomic E-state index is 0.428. The molecule has 0 spiro atoms. The molecule has 1 aromatic rings. The number of nitrogens with zero attached hydrogens (tertiary/aromatic N) is 2. The first-order chi connectivity index (χ1) is 7.33. The van der Waals surface area contributed by atoms with Gasteiger partial charge >= 0.3 is 0 Å². The fourth-order valence-corrected chi connectivity index (χ4v) is 3.07. The van der Waals surface area contributed by atoms with E-state index in [1.165, 1.54) is 25.8 Å². The van der Waals surface area contributed by atoms with E-state index in [-0.39, 0.29) is 0 Å². The standard InChI is InChI=1S/C11H17N3O/c12-11-2-1-8-3-14(5-10(8)11)4-9-6-15-7-13-9/h6-8,10-11H,1-5,12H2. The molecule has 1 saturated heterocycles. The third-order valence-electron chi connectivity index (χ3n) is 3.86. The summed E-state index contributed by atoms with van der Waals surface area (Å²) in [4.78, 5) is 6.60. The SMILES string of the molecule is NC1CCC2CN(Cc3cocn3)CC12. The van der Waals surface area contributed by atoms with Crippen molar-refractivity contribution in [2.45, 2.75) is 25.4 Å². The Kier molecular flexibility index (Phi) is 2.25. The molecule has 4 heteroatoms. The molecule has 3 rings (SSSR count). The maximum Gasteiger partial charge on any atom is 0.180 e. The van der Waals surface area contributed by atoms with Crippen molar-refractivity contribution in [1.82, 2.24) is 9.88 Å². The number of aromatic nitrogens is 1. The number of likely N-dealkylation sites (tertiary alicyclic amines) is 1. The molecular weight excluding hydrogens is 190 g/mol. The lowest BCUT2D eigenvalue weighted by Crippen LogP contribution is -2.30. The van der Waals surface area contributed by atoms with Gasteiger partial charge in [-0.2, -0.15) is 0 Å². The molecule has 0 amide bonds. The minimum Gasteiger partial charge on any atom is -0.451 e. The van der Waals surface area contributed by atoms with Gasteiger partial charge in [-0.15, -0.1) is 0 Å². The van der Waals surface area contributed by atoms with Crippen LogP contribution in [0.3, 0.4) is 0 Å². The lowest BCUT2D eigenvalue weighted by atomic mass is 9.98. The Morgan fingerprint density at radius 1 is 1.47 bits per heavy atom. The molecule has 0 radical (unpaired) electrons. The number of hydrogen-bond acceptors (Lipinski definition) is 4. The predicted molar refractivity (Wildman–Crippen MR) is 56.0 cm³/mol. The van der Waals surface area contributed by atoms with Crippen molar-refractivity contribution in [3.8, 4) is 0 Å². The Morgan fingerprint density at radius 2 is 2.40 bits per heavy atom. The van der Waals surface area contributed by atoms with E-state index in [0.29, 0.717) is 6.04 Å². The van der Waals surface area contributed by atoms with E-state index in [1.54, 1.807) is 6.26 Å². The van der Waals surface area contributed by atoms with E-state index in [9.17, 15) is 0 Å². The molecule has 1 aromatic heterocycles. The van der Waals surface area contributed by atoms with Crippen LogP contribution in [0.1, 0.15) is 18.5 Å². The van der Waals surface area contributed by atoms with Gasteiger partial charge in [0, 0.05) is 25.7 Å². The van der Waals surface area contributed by atoms with Crippen LogP contribution < -0.4 is 5.73 Å². The van der Waals surface area contributed by atoms with Gasteiger partial charge < -0.3 is 10.2 Å². The summed E-state index contributed by atoms with van der Waals surface area (Å²) in [5.74, 6) is 1.55. The summed E-state index contributed by atoms with van der Waals surface area (Å²) in [6.07, 6.45) is 5.75. The first-order valence-electron chi connectivity index (χ1n) is 5.68. The van der Waals surface area contributed by atoms with Gasteiger partial charge in [-0.25, -0.2) is 4.98 Å². The number of nitrogens with two attached hydrogens (primary N) is 1. The van der Waals surface area contributed by atoms with Crippen LogP contribution in [0.15, 0.2) is 17.1 Å². The maximum absolute atomic E-state index is 6.09. The zero-order chi connectivity index (χ0) is 10.3. The number of rotatable bonds is 2. The van der Waals surface area contributed by atoms with Crippen LogP contribution >= 0.6 is 0 Å². The van der Waals surface area contributed by atoms with Crippen LogP contribution in [-0.4, -0.2) is 29.0 Å². The summed E-state index contributed by atoms with van der Waals surface area (Å²) in [5, 5.41) is 0. The van der Waals surface area contributed by atoms with Gasteiger partial charge in [0.2, 0.25) is 0 Å². The summed E-state index contributed by atoms with van der Waals surface area (Å²) in [6, 6.07) is 0.428. The van der Waals surface area contributed by atoms with Crippen molar-refractivity contribution in [3.63, 3.8) is 0 Å². The van der Waals surface area contributed by atoms with Gasteiger partial charge in [0.25, 0.3) is 0 Å². The second-order valence-electron chi connectivity index (χ2n) is 4.84. The first kappa shape index (κ1) is 9.36. The van der Waals surface area contributed by atoms with E-state index < -0.39 is 0 Å². The van der Waals surface area contributed by atoms with Crippen LogP contribution in [0, 0.1) is 11.8 Å². The molecule has 2 heterocycles. The topological polar surface area (TPSA) is 55.3 Å². The van der Waals surface area contributed by atoms with E-state index in [4.69, 9.17) is 10.2 Å². The highest BCUT2D eigenvalue weighted by molar-refractivity contribution is 4.98. The van der Waals surface area contributed by atoms with Crippen molar-refractivity contribution >= 4 is 0 Å². The predicted octanol–water partition coefficient (Wildman–Crippen LogP) is 0.844. The van der Waals surface area contributed by atoms with Crippen molar-refractivity contribution in [3.05, 3.63) is 18.4 Å². The van der Waals surface area contributed by atoms with Gasteiger partial charge in [0.15, 0.2) is 6.39 Å². The van der Waals surface area contributed by atoms with Gasteiger partial charge in [-0.1, -0.05) is 0 Å². The molecule has 1 saturated carbocycles. The van der Waals surface area contributed by atoms with Crippen LogP contribution in [0.2, 0.25) is 0 Å². The number of oxazole rings is 1. The average Bonchev–Trinajstić information content (AvgIpc) is 2.88. The zero-order valence-corrected chi connectivity index (χ0v) is 8.80. The maximum atomic E-state index is 6.09. The van der Waals surface area contributed by atoms with Crippen LogP contribution in [0.5, 0.6) is 0 Å². The molecule has 4 nitrogen and oxygen atoms in total. The zero-order valence-electron chi connectivity index (χ0n) is 8.80. The molecule has 0 bridgehead atoms. The van der Waals surface area contributed by atoms with Crippen molar-refractivity contribution in [2.75, 3.05) is 13.1 Å². The van der Waals surface area contributed by atoms with Crippen molar-refractivity contribution in [2.24, 2.45) is 17.6 Å². The Balaban J connectivity index is 1.62. The van der Waals surface area contributed by atoms with Gasteiger partial charge in [-0.3, -0.25) is 4.90 Å². The van der Waals surface area contributed by atoms with E-state index in [1.807, 2.05) is 0 Å². The van der Waals surface area contributed by atoms with E-state index in [0.717, 1.165) is 30.6 Å². The highest BCUT2D eigenvalue weighted by Gasteiger charge is 2.40. The Morgan fingerprint density at radius 3 is 3.13 bits per heavy atom. The van der Waals surface area contributed by atoms with E-state index >= 15 is 0 Å². The molecule has 3 unspecified atom stereocenters. The summed E-state index contributed by atoms with van der Waals surface area (Å²) in [5.41, 5.74) is 7.13. The molecular formula is C11H17N3O. The molecule has 2 N–H and O–H groups in total. The quantitative estimate of drug-likeness (QED) is 0.781. The fourth-order valence-electron chi connectivity index (χ4n) is 3.07. The summed E-state index contributed by atoms with van der Waals surface area (Å²) in [6.45, 7) is 3.24. The van der Waals surface area contributed by atoms with Gasteiger partial charge in [0.1, 0.15) is 6.26 Å². The van der Waals surface area contributed by atoms with Gasteiger partial charge in [0.05, 0.1) is 5.69 Å². The largest absolute Gasteiger partial charge is 0.451 e. The summed E-state index contributed by atoms with van der Waals surface area (Å²) >= 11 is 0. The monoisotopic (exact) mass is 207 g/mol. The first-order valence-corrected chi connectivity index (χ1v) is 5.68. The Hall–Kier alpha value is -0.870. The van der Waals surface area contributed by atoms with Crippen molar-refractivity contribution in [1.29, 1.82) is 0 Å². The molecule has 82 valence electrons. The number of hydrogen-bond donors (Lipinski definition) is 1. The van der Waals surface area contributed by atoms with Crippen LogP contribution in [0.4, 0.5) is 0 Å². The molecule has 3 atom stereocenters. The summed E-state index contributed by atoms with van der Waals surface area (Å²) in [7, 11) is 0. The normalized spacial score (nSPS) is 35.9. The van der Waals surface area contributed by atoms with E-state index in [2.05, 4.69) is 9.88 Å². The molecule has 0 aromatic carbocycles. The second kappa shape index (κ2) is 3.61. The second-order valence-corrected chi connectivity index (χ2v) is 4.84. The molecule has 2 aliphatic rings. The van der Waals surface area contributed by atoms with Crippen molar-refractivity contribution < 1.29 is 4.42 Å². The van der Waals surface area contributed by atoms with Crippen LogP contribution in [-0.2, 0) is 6.54 Å². The highest BCUT2D eigenvalue weighted by atomic mass is 16.3. The fraction of sp³-hybridized carbons (Fsp3) is 0.727. The Labute approximate surface area is 89.5 Å². The molecule has 1 aliphatic carbocycles. The lowest BCUT2D eigenvalue weighted by molar-refractivity contribution is 0.294. The minimum atomic E-state index is 0.428. The van der Waals surface area contributed by atoms with Crippen LogP contribution in [0.25, 0.3) is 0 Å². The average molecular weight is 207 g/mol. The molecule has 15 heavy (non-hydrogen) atoms. The third kappa shape index (κ3) is 1.68. The third-order valence-corrected chi connectivity index (χ3v) is 3.86. The molecule has 1 aliphatic heterocycles. The van der Waals surface area contributed by atoms with Gasteiger partial charge in [-0.05, 0) is 24.7 Å². The molecule has 2 fully saturated rings. The Bertz CT molecular complexity index is 325.